The second-order valence-electron chi connectivity index (χ2n) is 6.08. The van der Waals surface area contributed by atoms with Gasteiger partial charge in [0, 0.05) is 32.8 Å². The number of ether oxygens (including phenoxy) is 1. The number of unbranched alkanes of at least 4 members (excludes halogenated alkanes) is 1. The van der Waals surface area contributed by atoms with Crippen LogP contribution in [-0.4, -0.2) is 51.3 Å². The van der Waals surface area contributed by atoms with Crippen LogP contribution in [0.3, 0.4) is 0 Å². The number of rotatable bonds is 11. The molecule has 0 fully saturated rings. The molecule has 0 aromatic heterocycles. The lowest BCUT2D eigenvalue weighted by Crippen LogP contribution is -2.37. The Morgan fingerprint density at radius 3 is 2.62 bits per heavy atom. The van der Waals surface area contributed by atoms with Gasteiger partial charge in [0.1, 0.15) is 0 Å². The molecule has 0 spiro atoms. The maximum Gasteiger partial charge on any atom is 0.191 e. The molecule has 5 heteroatoms. The summed E-state index contributed by atoms with van der Waals surface area (Å²) in [5, 5.41) is 6.69. The van der Waals surface area contributed by atoms with Crippen molar-refractivity contribution in [3.05, 3.63) is 35.4 Å². The monoisotopic (exact) mass is 334 g/mol. The summed E-state index contributed by atoms with van der Waals surface area (Å²) in [4.78, 5) is 6.86. The van der Waals surface area contributed by atoms with Crippen LogP contribution < -0.4 is 10.6 Å². The lowest BCUT2D eigenvalue weighted by Gasteiger charge is -2.12. The van der Waals surface area contributed by atoms with Crippen LogP contribution in [0.5, 0.6) is 0 Å². The fourth-order valence-corrected chi connectivity index (χ4v) is 2.38. The minimum absolute atomic E-state index is 0.690. The zero-order valence-corrected chi connectivity index (χ0v) is 15.8. The Balaban J connectivity index is 2.46. The van der Waals surface area contributed by atoms with E-state index in [0.29, 0.717) is 6.54 Å². The molecule has 0 aliphatic carbocycles. The second kappa shape index (κ2) is 12.8. The molecule has 0 bridgehead atoms. The highest BCUT2D eigenvalue weighted by molar-refractivity contribution is 5.79. The van der Waals surface area contributed by atoms with Crippen molar-refractivity contribution in [2.45, 2.75) is 39.8 Å². The lowest BCUT2D eigenvalue weighted by atomic mass is 10.1. The Morgan fingerprint density at radius 1 is 1.12 bits per heavy atom. The number of benzene rings is 1. The van der Waals surface area contributed by atoms with Gasteiger partial charge in [0.25, 0.3) is 0 Å². The summed E-state index contributed by atoms with van der Waals surface area (Å²) in [5.41, 5.74) is 2.56. The van der Waals surface area contributed by atoms with Crippen molar-refractivity contribution in [2.24, 2.45) is 4.99 Å². The van der Waals surface area contributed by atoms with E-state index in [1.807, 2.05) is 6.92 Å². The summed E-state index contributed by atoms with van der Waals surface area (Å²) >= 11 is 0. The van der Waals surface area contributed by atoms with Gasteiger partial charge in [-0.05, 0) is 51.9 Å². The molecule has 136 valence electrons. The van der Waals surface area contributed by atoms with E-state index in [9.17, 15) is 0 Å². The van der Waals surface area contributed by atoms with Gasteiger partial charge in [-0.15, -0.1) is 0 Å². The molecule has 0 heterocycles. The van der Waals surface area contributed by atoms with Gasteiger partial charge in [-0.25, -0.2) is 4.99 Å². The van der Waals surface area contributed by atoms with Crippen LogP contribution in [0.4, 0.5) is 0 Å². The van der Waals surface area contributed by atoms with Crippen LogP contribution in [0, 0.1) is 0 Å². The Labute approximate surface area is 147 Å². The molecule has 0 aliphatic rings. The van der Waals surface area contributed by atoms with Gasteiger partial charge in [0.05, 0.1) is 6.54 Å². The van der Waals surface area contributed by atoms with Gasteiger partial charge in [-0.3, -0.25) is 0 Å². The highest BCUT2D eigenvalue weighted by Gasteiger charge is 2.00. The first-order valence-electron chi connectivity index (χ1n) is 8.98. The average Bonchev–Trinajstić information content (AvgIpc) is 2.55. The maximum atomic E-state index is 5.35. The minimum Gasteiger partial charge on any atom is -0.382 e. The van der Waals surface area contributed by atoms with Crippen molar-refractivity contribution >= 4 is 5.96 Å². The van der Waals surface area contributed by atoms with Gasteiger partial charge in [-0.2, -0.15) is 0 Å². The minimum atomic E-state index is 0.690. The predicted molar refractivity (Wildman–Crippen MR) is 102 cm³/mol. The molecular weight excluding hydrogens is 300 g/mol. The van der Waals surface area contributed by atoms with Gasteiger partial charge < -0.3 is 20.3 Å². The van der Waals surface area contributed by atoms with Gasteiger partial charge in [0.15, 0.2) is 5.96 Å². The van der Waals surface area contributed by atoms with Crippen LogP contribution in [0.15, 0.2) is 29.3 Å². The predicted octanol–water partition coefficient (Wildman–Crippen LogP) is 2.62. The molecule has 0 saturated carbocycles. The van der Waals surface area contributed by atoms with E-state index >= 15 is 0 Å². The van der Waals surface area contributed by atoms with Gasteiger partial charge in [0.2, 0.25) is 0 Å². The van der Waals surface area contributed by atoms with E-state index < -0.39 is 0 Å². The van der Waals surface area contributed by atoms with Crippen LogP contribution in [0.25, 0.3) is 0 Å². The van der Waals surface area contributed by atoms with Crippen LogP contribution in [0.2, 0.25) is 0 Å². The molecular formula is C19H34N4O. The number of nitrogens with one attached hydrogen (secondary N) is 2. The summed E-state index contributed by atoms with van der Waals surface area (Å²) in [5.74, 6) is 0.881. The fourth-order valence-electron chi connectivity index (χ4n) is 2.38. The van der Waals surface area contributed by atoms with Crippen LogP contribution in [0.1, 0.15) is 37.8 Å². The summed E-state index contributed by atoms with van der Waals surface area (Å²) in [6, 6.07) is 8.64. The van der Waals surface area contributed by atoms with Crippen molar-refractivity contribution in [1.82, 2.24) is 15.5 Å². The van der Waals surface area contributed by atoms with Crippen molar-refractivity contribution < 1.29 is 4.74 Å². The highest BCUT2D eigenvalue weighted by atomic mass is 16.5. The maximum absolute atomic E-state index is 5.35. The summed E-state index contributed by atoms with van der Waals surface area (Å²) < 4.78 is 5.35. The molecule has 0 unspecified atom stereocenters. The quantitative estimate of drug-likeness (QED) is 0.371. The third kappa shape index (κ3) is 9.53. The normalized spacial score (nSPS) is 11.8. The molecule has 2 N–H and O–H groups in total. The molecule has 0 saturated heterocycles. The van der Waals surface area contributed by atoms with E-state index in [-0.39, 0.29) is 0 Å². The molecule has 0 aliphatic heterocycles. The zero-order chi connectivity index (χ0) is 17.6. The Bertz CT molecular complexity index is 474. The molecule has 1 aromatic carbocycles. The first-order valence-corrected chi connectivity index (χ1v) is 8.98. The van der Waals surface area contributed by atoms with Crippen molar-refractivity contribution in [3.8, 4) is 0 Å². The lowest BCUT2D eigenvalue weighted by molar-refractivity contribution is 0.143. The standard InChI is InChI=1S/C19H34N4O/c1-5-20-19(21-12-7-8-13-24-6-2)22-15-17-10-9-11-18(14-17)16-23(3)4/h9-11,14H,5-8,12-13,15-16H2,1-4H3,(H2,20,21,22). The van der Waals surface area contributed by atoms with Crippen LogP contribution in [-0.2, 0) is 17.8 Å². The van der Waals surface area contributed by atoms with Crippen molar-refractivity contribution in [1.29, 1.82) is 0 Å². The van der Waals surface area contributed by atoms with Crippen molar-refractivity contribution in [3.63, 3.8) is 0 Å². The molecule has 1 rings (SSSR count). The van der Waals surface area contributed by atoms with E-state index in [1.165, 1.54) is 11.1 Å². The number of hydrogen-bond donors (Lipinski definition) is 2. The number of aliphatic imine (C=N–C) groups is 1. The SMILES string of the molecule is CCNC(=NCc1cccc(CN(C)C)c1)NCCCCOCC. The molecule has 1 aromatic rings. The number of hydrogen-bond acceptors (Lipinski definition) is 3. The van der Waals surface area contributed by atoms with E-state index in [0.717, 1.165) is 51.6 Å². The van der Waals surface area contributed by atoms with Gasteiger partial charge >= 0.3 is 0 Å². The zero-order valence-electron chi connectivity index (χ0n) is 15.8. The molecule has 0 amide bonds. The van der Waals surface area contributed by atoms with E-state index in [2.05, 4.69) is 65.8 Å². The Hall–Kier alpha value is -1.59. The van der Waals surface area contributed by atoms with E-state index in [4.69, 9.17) is 4.74 Å². The largest absolute Gasteiger partial charge is 0.382 e. The van der Waals surface area contributed by atoms with E-state index in [1.54, 1.807) is 0 Å². The smallest absolute Gasteiger partial charge is 0.191 e. The molecule has 5 nitrogen and oxygen atoms in total. The van der Waals surface area contributed by atoms with Crippen LogP contribution >= 0.6 is 0 Å². The first kappa shape index (κ1) is 20.5. The second-order valence-corrected chi connectivity index (χ2v) is 6.08. The first-order chi connectivity index (χ1) is 11.7. The summed E-state index contributed by atoms with van der Waals surface area (Å²) in [6.45, 7) is 9.18. The molecule has 0 radical (unpaired) electrons. The average molecular weight is 335 g/mol. The topological polar surface area (TPSA) is 48.9 Å². The number of guanidine groups is 1. The Morgan fingerprint density at radius 2 is 1.92 bits per heavy atom. The van der Waals surface area contributed by atoms with Crippen molar-refractivity contribution in [2.75, 3.05) is 40.4 Å². The molecule has 24 heavy (non-hydrogen) atoms. The third-order valence-corrected chi connectivity index (χ3v) is 3.47. The fraction of sp³-hybridized carbons (Fsp3) is 0.632. The third-order valence-electron chi connectivity index (χ3n) is 3.47. The van der Waals surface area contributed by atoms with Gasteiger partial charge in [-0.1, -0.05) is 24.3 Å². The number of nitrogens with zero attached hydrogens (tertiary/aromatic N) is 2. The highest BCUT2D eigenvalue weighted by Crippen LogP contribution is 2.08. The summed E-state index contributed by atoms with van der Waals surface area (Å²) in [7, 11) is 4.17. The molecule has 0 atom stereocenters. The summed E-state index contributed by atoms with van der Waals surface area (Å²) in [6.07, 6.45) is 2.16. The Kier molecular flexibility index (Phi) is 10.9.